The Bertz CT molecular complexity index is 896. The maximum Gasteiger partial charge on any atom is 0.279 e. The molecule has 0 atom stereocenters. The molecule has 27 heavy (non-hydrogen) atoms. The Morgan fingerprint density at radius 1 is 0.778 bits per heavy atom. The Kier molecular flexibility index (Phi) is 5.47. The highest BCUT2D eigenvalue weighted by atomic mass is 16.2. The van der Waals surface area contributed by atoms with Crippen molar-refractivity contribution in [2.75, 3.05) is 38.0 Å². The van der Waals surface area contributed by atoms with Gasteiger partial charge >= 0.3 is 0 Å². The number of para-hydroxylation sites is 1. The SMILES string of the molecule is O=C(C[NH+]1CC[NH+](Cc2cccc3ccccc23)CC1)Nc1ccccc1. The van der Waals surface area contributed by atoms with E-state index >= 15 is 0 Å². The van der Waals surface area contributed by atoms with Gasteiger partial charge < -0.3 is 15.1 Å². The zero-order valence-electron chi connectivity index (χ0n) is 15.6. The first-order valence-corrected chi connectivity index (χ1v) is 9.76. The molecule has 4 nitrogen and oxygen atoms in total. The molecule has 0 aromatic heterocycles. The van der Waals surface area contributed by atoms with E-state index in [0.29, 0.717) is 6.54 Å². The molecular weight excluding hydrogens is 334 g/mol. The molecule has 4 rings (SSSR count). The van der Waals surface area contributed by atoms with Crippen LogP contribution in [0.1, 0.15) is 5.56 Å². The number of hydrogen-bond acceptors (Lipinski definition) is 1. The number of carbonyl (C=O) groups is 1. The predicted molar refractivity (Wildman–Crippen MR) is 109 cm³/mol. The predicted octanol–water partition coefficient (Wildman–Crippen LogP) is 0.762. The molecule has 0 radical (unpaired) electrons. The Morgan fingerprint density at radius 2 is 1.44 bits per heavy atom. The minimum Gasteiger partial charge on any atom is -0.322 e. The van der Waals surface area contributed by atoms with Gasteiger partial charge in [-0.1, -0.05) is 60.7 Å². The van der Waals surface area contributed by atoms with Gasteiger partial charge in [0.05, 0.1) is 0 Å². The van der Waals surface area contributed by atoms with Crippen molar-refractivity contribution in [3.8, 4) is 0 Å². The molecule has 1 heterocycles. The van der Waals surface area contributed by atoms with Gasteiger partial charge in [-0.05, 0) is 22.9 Å². The van der Waals surface area contributed by atoms with Gasteiger partial charge in [0.25, 0.3) is 5.91 Å². The maximum atomic E-state index is 12.3. The molecule has 1 aliphatic rings. The van der Waals surface area contributed by atoms with Crippen molar-refractivity contribution < 1.29 is 14.6 Å². The molecule has 3 N–H and O–H groups in total. The largest absolute Gasteiger partial charge is 0.322 e. The topological polar surface area (TPSA) is 38.0 Å². The number of hydrogen-bond donors (Lipinski definition) is 3. The Labute approximate surface area is 160 Å². The van der Waals surface area contributed by atoms with Gasteiger partial charge in [0, 0.05) is 11.3 Å². The Morgan fingerprint density at radius 3 is 2.26 bits per heavy atom. The van der Waals surface area contributed by atoms with Crippen LogP contribution in [0.5, 0.6) is 0 Å². The number of piperazine rings is 1. The van der Waals surface area contributed by atoms with Crippen LogP contribution in [0.15, 0.2) is 72.8 Å². The first-order chi connectivity index (χ1) is 13.3. The first-order valence-electron chi connectivity index (χ1n) is 9.76. The third-order valence-corrected chi connectivity index (χ3v) is 5.45. The Balaban J connectivity index is 1.29. The summed E-state index contributed by atoms with van der Waals surface area (Å²) in [5.74, 6) is 0.105. The number of anilines is 1. The van der Waals surface area contributed by atoms with E-state index < -0.39 is 0 Å². The fraction of sp³-hybridized carbons (Fsp3) is 0.261. The molecular formula is C23H27N3O+2. The van der Waals surface area contributed by atoms with E-state index in [-0.39, 0.29) is 5.91 Å². The standard InChI is InChI=1S/C23H25N3O/c27-23(24-21-10-2-1-3-11-21)18-26-15-13-25(14-16-26)17-20-9-6-8-19-7-4-5-12-22(19)20/h1-12H,13-18H2,(H,24,27)/p+2. The van der Waals surface area contributed by atoms with Crippen LogP contribution in [-0.4, -0.2) is 38.6 Å². The van der Waals surface area contributed by atoms with Gasteiger partial charge in [-0.3, -0.25) is 4.79 Å². The number of fused-ring (bicyclic) bond motifs is 1. The summed E-state index contributed by atoms with van der Waals surface area (Å²) in [7, 11) is 0. The fourth-order valence-electron chi connectivity index (χ4n) is 3.98. The Hall–Kier alpha value is -2.69. The summed E-state index contributed by atoms with van der Waals surface area (Å²) < 4.78 is 0. The van der Waals surface area contributed by atoms with Gasteiger partial charge in [-0.25, -0.2) is 0 Å². The average Bonchev–Trinajstić information content (AvgIpc) is 2.70. The number of amides is 1. The lowest BCUT2D eigenvalue weighted by atomic mass is 10.0. The normalized spacial score (nSPS) is 19.7. The van der Waals surface area contributed by atoms with E-state index in [4.69, 9.17) is 0 Å². The summed E-state index contributed by atoms with van der Waals surface area (Å²) in [6.07, 6.45) is 0. The second kappa shape index (κ2) is 8.33. The van der Waals surface area contributed by atoms with Crippen LogP contribution in [0.2, 0.25) is 0 Å². The molecule has 3 aromatic carbocycles. The van der Waals surface area contributed by atoms with E-state index in [0.717, 1.165) is 38.4 Å². The van der Waals surface area contributed by atoms with Crippen LogP contribution < -0.4 is 15.1 Å². The molecule has 0 aliphatic carbocycles. The van der Waals surface area contributed by atoms with Crippen LogP contribution in [0.25, 0.3) is 10.8 Å². The van der Waals surface area contributed by atoms with Crippen molar-refractivity contribution in [2.24, 2.45) is 0 Å². The number of quaternary nitrogens is 2. The second-order valence-electron chi connectivity index (χ2n) is 7.41. The van der Waals surface area contributed by atoms with Crippen LogP contribution >= 0.6 is 0 Å². The van der Waals surface area contributed by atoms with E-state index in [9.17, 15) is 4.79 Å². The number of nitrogens with one attached hydrogen (secondary N) is 3. The molecule has 1 amide bonds. The molecule has 0 bridgehead atoms. The van der Waals surface area contributed by atoms with Gasteiger partial charge in [0.1, 0.15) is 32.7 Å². The van der Waals surface area contributed by atoms with Gasteiger partial charge in [0.15, 0.2) is 6.54 Å². The summed E-state index contributed by atoms with van der Waals surface area (Å²) >= 11 is 0. The van der Waals surface area contributed by atoms with E-state index in [2.05, 4.69) is 47.8 Å². The van der Waals surface area contributed by atoms with Crippen molar-refractivity contribution in [1.82, 2.24) is 0 Å². The van der Waals surface area contributed by atoms with Crippen LogP contribution in [-0.2, 0) is 11.3 Å². The molecule has 3 aromatic rings. The van der Waals surface area contributed by atoms with Crippen molar-refractivity contribution in [1.29, 1.82) is 0 Å². The minimum atomic E-state index is 0.105. The molecule has 0 saturated carbocycles. The summed E-state index contributed by atoms with van der Waals surface area (Å²) in [6, 6.07) is 24.9. The number of rotatable bonds is 5. The fourth-order valence-corrected chi connectivity index (χ4v) is 3.98. The van der Waals surface area contributed by atoms with Gasteiger partial charge in [-0.15, -0.1) is 0 Å². The molecule has 1 saturated heterocycles. The quantitative estimate of drug-likeness (QED) is 0.617. The van der Waals surface area contributed by atoms with E-state index in [1.165, 1.54) is 21.2 Å². The monoisotopic (exact) mass is 361 g/mol. The molecule has 1 fully saturated rings. The van der Waals surface area contributed by atoms with Gasteiger partial charge in [0.2, 0.25) is 0 Å². The maximum absolute atomic E-state index is 12.3. The zero-order valence-corrected chi connectivity index (χ0v) is 15.6. The average molecular weight is 361 g/mol. The van der Waals surface area contributed by atoms with Crippen LogP contribution in [0.3, 0.4) is 0 Å². The summed E-state index contributed by atoms with van der Waals surface area (Å²) in [5.41, 5.74) is 2.30. The van der Waals surface area contributed by atoms with Crippen molar-refractivity contribution >= 4 is 22.4 Å². The highest BCUT2D eigenvalue weighted by Gasteiger charge is 2.25. The number of benzene rings is 3. The van der Waals surface area contributed by atoms with Crippen molar-refractivity contribution in [3.63, 3.8) is 0 Å². The smallest absolute Gasteiger partial charge is 0.279 e. The summed E-state index contributed by atoms with van der Waals surface area (Å²) in [6.45, 7) is 5.92. The van der Waals surface area contributed by atoms with Gasteiger partial charge in [-0.2, -0.15) is 0 Å². The molecule has 138 valence electrons. The minimum absolute atomic E-state index is 0.105. The third kappa shape index (κ3) is 4.54. The van der Waals surface area contributed by atoms with Crippen LogP contribution in [0.4, 0.5) is 5.69 Å². The van der Waals surface area contributed by atoms with E-state index in [1.54, 1.807) is 4.90 Å². The highest BCUT2D eigenvalue weighted by molar-refractivity contribution is 5.91. The first kappa shape index (κ1) is 17.7. The molecule has 1 aliphatic heterocycles. The molecule has 0 unspecified atom stereocenters. The lowest BCUT2D eigenvalue weighted by Gasteiger charge is -2.29. The zero-order chi connectivity index (χ0) is 18.5. The van der Waals surface area contributed by atoms with E-state index in [1.807, 2.05) is 30.3 Å². The number of carbonyl (C=O) groups excluding carboxylic acids is 1. The van der Waals surface area contributed by atoms with Crippen molar-refractivity contribution in [2.45, 2.75) is 6.54 Å². The molecule has 0 spiro atoms. The van der Waals surface area contributed by atoms with Crippen LogP contribution in [0, 0.1) is 0 Å². The highest BCUT2D eigenvalue weighted by Crippen LogP contribution is 2.17. The summed E-state index contributed by atoms with van der Waals surface area (Å²) in [5, 5.41) is 5.68. The third-order valence-electron chi connectivity index (χ3n) is 5.45. The lowest BCUT2D eigenvalue weighted by Crippen LogP contribution is -3.28. The van der Waals surface area contributed by atoms with Crippen molar-refractivity contribution in [3.05, 3.63) is 78.4 Å². The summed E-state index contributed by atoms with van der Waals surface area (Å²) in [4.78, 5) is 15.3. The molecule has 4 heteroatoms. The lowest BCUT2D eigenvalue weighted by molar-refractivity contribution is -1.01. The second-order valence-corrected chi connectivity index (χ2v) is 7.41.